The predicted octanol–water partition coefficient (Wildman–Crippen LogP) is 10.5. The third-order valence-electron chi connectivity index (χ3n) is 6.47. The summed E-state index contributed by atoms with van der Waals surface area (Å²) in [5.41, 5.74) is 2.07. The lowest BCUT2D eigenvalue weighted by Gasteiger charge is -2.34. The summed E-state index contributed by atoms with van der Waals surface area (Å²) in [4.78, 5) is 1.30. The third kappa shape index (κ3) is 7.56. The Balaban J connectivity index is 2.45. The topological polar surface area (TPSA) is 44.8 Å². The lowest BCUT2D eigenvalue weighted by molar-refractivity contribution is -0.156. The molecule has 0 aliphatic carbocycles. The van der Waals surface area contributed by atoms with Crippen molar-refractivity contribution in [3.05, 3.63) is 46.5 Å². The highest BCUT2D eigenvalue weighted by molar-refractivity contribution is 7.99. The van der Waals surface area contributed by atoms with Gasteiger partial charge in [0.15, 0.2) is 6.61 Å². The molecular formula is C30H42F3O4PS. The van der Waals surface area contributed by atoms with Crippen LogP contribution in [0.2, 0.25) is 0 Å². The summed E-state index contributed by atoms with van der Waals surface area (Å²) in [6.45, 7) is 22.7. The number of phosphoric acid groups is 1. The number of alkyl halides is 3. The molecule has 4 nitrogen and oxygen atoms in total. The number of fused-ring (bicyclic) bond motifs is 2. The van der Waals surface area contributed by atoms with E-state index in [1.807, 2.05) is 65.8 Å². The fourth-order valence-electron chi connectivity index (χ4n) is 4.09. The fraction of sp³-hybridized carbons (Fsp3) is 0.600. The highest BCUT2D eigenvalue weighted by atomic mass is 32.2. The number of hydrogen-bond acceptors (Lipinski definition) is 5. The highest BCUT2D eigenvalue weighted by Crippen LogP contribution is 2.61. The summed E-state index contributed by atoms with van der Waals surface area (Å²) >= 11 is 1.41. The second-order valence-electron chi connectivity index (χ2n) is 14.3. The number of phosphoric ester groups is 1. The predicted molar refractivity (Wildman–Crippen MR) is 153 cm³/mol. The molecule has 1 aliphatic heterocycles. The standard InChI is InChI=1S/C30H42F3O4PS/c1-26(2,3)18-13-20(28(7,8)9)24-22(15-18)39-23-16-19(27(4,5)6)14-21(29(10,11)12)25(23)37-38(34,36-24)35-17-30(31,32)33/h13-16H,17H2,1-12H3. The van der Waals surface area contributed by atoms with Crippen LogP contribution in [-0.2, 0) is 30.7 Å². The van der Waals surface area contributed by atoms with Crippen LogP contribution in [0.15, 0.2) is 34.1 Å². The zero-order valence-electron chi connectivity index (χ0n) is 25.1. The molecule has 0 saturated carbocycles. The van der Waals surface area contributed by atoms with Crippen LogP contribution < -0.4 is 9.05 Å². The molecule has 39 heavy (non-hydrogen) atoms. The van der Waals surface area contributed by atoms with Crippen molar-refractivity contribution in [1.29, 1.82) is 0 Å². The quantitative estimate of drug-likeness (QED) is 0.328. The molecule has 2 aromatic rings. The van der Waals surface area contributed by atoms with Gasteiger partial charge in [0.1, 0.15) is 11.5 Å². The maximum Gasteiger partial charge on any atom is 0.587 e. The van der Waals surface area contributed by atoms with Gasteiger partial charge in [-0.1, -0.05) is 107 Å². The molecule has 0 unspecified atom stereocenters. The van der Waals surface area contributed by atoms with E-state index < -0.39 is 31.4 Å². The average molecular weight is 587 g/mol. The SMILES string of the molecule is CC(C)(C)c1cc2c(c(C(C)(C)C)c1)OP(=O)(OCC(F)(F)F)Oc1c(cc(C(C)(C)C)cc1C(C)(C)C)S2. The van der Waals surface area contributed by atoms with Gasteiger partial charge in [-0.3, -0.25) is 4.52 Å². The van der Waals surface area contributed by atoms with Gasteiger partial charge in [-0.05, 0) is 44.9 Å². The average Bonchev–Trinajstić information content (AvgIpc) is 2.69. The van der Waals surface area contributed by atoms with Gasteiger partial charge in [0.25, 0.3) is 0 Å². The molecule has 0 N–H and O–H groups in total. The van der Waals surface area contributed by atoms with Crippen LogP contribution in [0.4, 0.5) is 13.2 Å². The van der Waals surface area contributed by atoms with E-state index in [1.54, 1.807) is 0 Å². The molecule has 218 valence electrons. The third-order valence-corrected chi connectivity index (χ3v) is 8.77. The minimum atomic E-state index is -4.78. The van der Waals surface area contributed by atoms with Gasteiger partial charge in [-0.2, -0.15) is 13.2 Å². The Morgan fingerprint density at radius 3 is 1.31 bits per heavy atom. The zero-order chi connectivity index (χ0) is 30.0. The van der Waals surface area contributed by atoms with E-state index in [9.17, 15) is 17.7 Å². The normalized spacial score (nSPS) is 16.4. The fourth-order valence-corrected chi connectivity index (χ4v) is 6.60. The van der Waals surface area contributed by atoms with E-state index >= 15 is 0 Å². The van der Waals surface area contributed by atoms with Crippen molar-refractivity contribution in [1.82, 2.24) is 0 Å². The molecule has 0 saturated heterocycles. The molecule has 9 heteroatoms. The lowest BCUT2D eigenvalue weighted by atomic mass is 9.80. The van der Waals surface area contributed by atoms with Crippen LogP contribution in [0.1, 0.15) is 105 Å². The second-order valence-corrected chi connectivity index (χ2v) is 16.9. The van der Waals surface area contributed by atoms with Gasteiger partial charge in [0.2, 0.25) is 0 Å². The van der Waals surface area contributed by atoms with Crippen molar-refractivity contribution in [3.63, 3.8) is 0 Å². The van der Waals surface area contributed by atoms with Crippen LogP contribution in [0, 0.1) is 0 Å². The second kappa shape index (κ2) is 10.0. The Bertz CT molecular complexity index is 1200. The lowest BCUT2D eigenvalue weighted by Crippen LogP contribution is -2.23. The highest BCUT2D eigenvalue weighted by Gasteiger charge is 2.43. The van der Waals surface area contributed by atoms with Crippen molar-refractivity contribution in [2.75, 3.05) is 6.61 Å². The van der Waals surface area contributed by atoms with Crippen LogP contribution in [0.25, 0.3) is 0 Å². The van der Waals surface area contributed by atoms with E-state index in [0.717, 1.165) is 11.1 Å². The summed E-state index contributed by atoms with van der Waals surface area (Å²) in [5, 5.41) is 0. The van der Waals surface area contributed by atoms with Gasteiger partial charge in [-0.15, -0.1) is 0 Å². The molecule has 0 atom stereocenters. The molecule has 3 rings (SSSR count). The number of benzene rings is 2. The Morgan fingerprint density at radius 2 is 1.03 bits per heavy atom. The Morgan fingerprint density at radius 1 is 0.667 bits per heavy atom. The maximum atomic E-state index is 14.1. The molecule has 0 amide bonds. The van der Waals surface area contributed by atoms with Gasteiger partial charge < -0.3 is 9.05 Å². The molecule has 0 radical (unpaired) electrons. The molecule has 0 spiro atoms. The van der Waals surface area contributed by atoms with Crippen molar-refractivity contribution in [2.45, 2.75) is 121 Å². The van der Waals surface area contributed by atoms with E-state index in [1.165, 1.54) is 11.8 Å². The van der Waals surface area contributed by atoms with Gasteiger partial charge in [-0.25, -0.2) is 4.57 Å². The molecule has 1 heterocycles. The first-order chi connectivity index (χ1) is 17.3. The van der Waals surface area contributed by atoms with Crippen LogP contribution in [0.3, 0.4) is 0 Å². The summed E-state index contributed by atoms with van der Waals surface area (Å²) in [6, 6.07) is 7.89. The largest absolute Gasteiger partial charge is 0.587 e. The first kappa shape index (κ1) is 31.9. The molecule has 1 aliphatic rings. The van der Waals surface area contributed by atoms with Gasteiger partial charge in [0, 0.05) is 11.1 Å². The molecular weight excluding hydrogens is 544 g/mol. The smallest absolute Gasteiger partial charge is 0.394 e. The van der Waals surface area contributed by atoms with Gasteiger partial charge >= 0.3 is 14.0 Å². The Labute approximate surface area is 236 Å². The zero-order valence-corrected chi connectivity index (χ0v) is 26.8. The molecule has 0 aromatic heterocycles. The van der Waals surface area contributed by atoms with Crippen molar-refractivity contribution in [2.24, 2.45) is 0 Å². The van der Waals surface area contributed by atoms with Crippen molar-refractivity contribution < 1.29 is 31.3 Å². The van der Waals surface area contributed by atoms with E-state index in [4.69, 9.17) is 13.6 Å². The first-order valence-electron chi connectivity index (χ1n) is 13.1. The van der Waals surface area contributed by atoms with Gasteiger partial charge in [0.05, 0.1) is 9.79 Å². The molecule has 0 bridgehead atoms. The monoisotopic (exact) mass is 586 g/mol. The summed E-state index contributed by atoms with van der Waals surface area (Å²) in [5.74, 6) is 0.435. The van der Waals surface area contributed by atoms with E-state index in [-0.39, 0.29) is 22.3 Å². The van der Waals surface area contributed by atoms with Crippen LogP contribution >= 0.6 is 19.6 Å². The summed E-state index contributed by atoms with van der Waals surface area (Å²) in [6.07, 6.45) is -4.72. The van der Waals surface area contributed by atoms with Crippen LogP contribution in [-0.4, -0.2) is 12.8 Å². The first-order valence-corrected chi connectivity index (χ1v) is 15.3. The van der Waals surface area contributed by atoms with Crippen molar-refractivity contribution in [3.8, 4) is 11.5 Å². The molecule has 2 aromatic carbocycles. The number of hydrogen-bond donors (Lipinski definition) is 0. The minimum Gasteiger partial charge on any atom is -0.394 e. The van der Waals surface area contributed by atoms with E-state index in [0.29, 0.717) is 20.9 Å². The summed E-state index contributed by atoms with van der Waals surface area (Å²) in [7, 11) is -4.78. The maximum absolute atomic E-state index is 14.1. The van der Waals surface area contributed by atoms with Crippen molar-refractivity contribution >= 4 is 19.6 Å². The minimum absolute atomic E-state index is 0.218. The Hall–Kier alpha value is -1.63. The Kier molecular flexibility index (Phi) is 8.20. The number of rotatable bonds is 2. The summed E-state index contributed by atoms with van der Waals surface area (Å²) < 4.78 is 70.9. The number of halogens is 3. The molecule has 0 fully saturated rings. The van der Waals surface area contributed by atoms with E-state index in [2.05, 4.69) is 41.5 Å². The van der Waals surface area contributed by atoms with Crippen LogP contribution in [0.5, 0.6) is 11.5 Å².